The molecule has 35 heavy (non-hydrogen) atoms. The van der Waals surface area contributed by atoms with Crippen LogP contribution in [0.3, 0.4) is 0 Å². The summed E-state index contributed by atoms with van der Waals surface area (Å²) in [5, 5.41) is 0.999. The third kappa shape index (κ3) is 5.17. The topological polar surface area (TPSA) is 112 Å². The monoisotopic (exact) mass is 495 g/mol. The Morgan fingerprint density at radius 1 is 1.06 bits per heavy atom. The standard InChI is InChI=1S/C26H33N5O3S/c1-17-15-18(2)25(19(3)16-17)35(32,33)28-12-7-8-13-31-22(11-14-34-4)30-23-24(31)20-9-5-6-10-21(20)29-26(23)27/h5-6,9-10,15-16,28H,7-8,11-14H2,1-4H3,(H2,27,29). The van der Waals surface area contributed by atoms with Gasteiger partial charge in [0.2, 0.25) is 10.0 Å². The van der Waals surface area contributed by atoms with E-state index < -0.39 is 10.0 Å². The molecule has 0 unspecified atom stereocenters. The van der Waals surface area contributed by atoms with Gasteiger partial charge in [-0.05, 0) is 50.8 Å². The van der Waals surface area contributed by atoms with Crippen molar-refractivity contribution >= 4 is 37.8 Å². The molecule has 4 rings (SSSR count). The van der Waals surface area contributed by atoms with Crippen LogP contribution in [0.4, 0.5) is 5.82 Å². The van der Waals surface area contributed by atoms with Crippen molar-refractivity contribution in [2.45, 2.75) is 51.5 Å². The lowest BCUT2D eigenvalue weighted by atomic mass is 10.1. The van der Waals surface area contributed by atoms with Crippen molar-refractivity contribution < 1.29 is 13.2 Å². The number of aryl methyl sites for hydroxylation is 4. The number of fused-ring (bicyclic) bond motifs is 3. The van der Waals surface area contributed by atoms with E-state index in [1.54, 1.807) is 7.11 Å². The zero-order valence-electron chi connectivity index (χ0n) is 20.8. The van der Waals surface area contributed by atoms with E-state index in [1.807, 2.05) is 57.2 Å². The van der Waals surface area contributed by atoms with Crippen molar-refractivity contribution in [2.75, 3.05) is 26.0 Å². The number of nitrogen functional groups attached to an aromatic ring is 1. The van der Waals surface area contributed by atoms with Crippen molar-refractivity contribution in [1.82, 2.24) is 19.3 Å². The fourth-order valence-corrected chi connectivity index (χ4v) is 6.32. The third-order valence-electron chi connectivity index (χ3n) is 6.19. The minimum absolute atomic E-state index is 0.361. The number of ether oxygens (including phenoxy) is 1. The van der Waals surface area contributed by atoms with Crippen LogP contribution in [-0.2, 0) is 27.7 Å². The van der Waals surface area contributed by atoms with Crippen LogP contribution in [0.15, 0.2) is 41.3 Å². The van der Waals surface area contributed by atoms with Crippen molar-refractivity contribution in [3.8, 4) is 0 Å². The zero-order valence-corrected chi connectivity index (χ0v) is 21.6. The number of nitrogens with two attached hydrogens (primary N) is 1. The minimum Gasteiger partial charge on any atom is -0.384 e. The summed E-state index contributed by atoms with van der Waals surface area (Å²) >= 11 is 0. The van der Waals surface area contributed by atoms with E-state index in [0.717, 1.165) is 45.4 Å². The van der Waals surface area contributed by atoms with E-state index in [-0.39, 0.29) is 0 Å². The number of benzene rings is 2. The van der Waals surface area contributed by atoms with Crippen LogP contribution in [-0.4, -0.2) is 43.2 Å². The molecule has 0 saturated carbocycles. The first-order valence-electron chi connectivity index (χ1n) is 11.8. The number of pyridine rings is 1. The van der Waals surface area contributed by atoms with Crippen molar-refractivity contribution in [2.24, 2.45) is 0 Å². The molecule has 8 nitrogen and oxygen atoms in total. The highest BCUT2D eigenvalue weighted by Crippen LogP contribution is 2.29. The molecule has 2 aromatic carbocycles. The number of imidazole rings is 1. The van der Waals surface area contributed by atoms with E-state index in [1.165, 1.54) is 0 Å². The summed E-state index contributed by atoms with van der Waals surface area (Å²) in [4.78, 5) is 9.68. The maximum atomic E-state index is 12.9. The Labute approximate surface area is 206 Å². The van der Waals surface area contributed by atoms with Crippen LogP contribution in [0.25, 0.3) is 21.9 Å². The number of rotatable bonds is 10. The molecule has 0 saturated heterocycles. The number of methoxy groups -OCH3 is 1. The highest BCUT2D eigenvalue weighted by molar-refractivity contribution is 7.89. The number of unbranched alkanes of at least 4 members (excludes halogenated alkanes) is 1. The molecule has 0 spiro atoms. The number of anilines is 1. The third-order valence-corrected chi connectivity index (χ3v) is 7.96. The molecule has 0 aliphatic carbocycles. The Morgan fingerprint density at radius 3 is 2.49 bits per heavy atom. The molecule has 0 aliphatic rings. The number of hydrogen-bond acceptors (Lipinski definition) is 6. The van der Waals surface area contributed by atoms with E-state index in [0.29, 0.717) is 48.8 Å². The summed E-state index contributed by atoms with van der Waals surface area (Å²) in [7, 11) is -1.90. The summed E-state index contributed by atoms with van der Waals surface area (Å²) in [5.74, 6) is 1.30. The Bertz CT molecular complexity index is 1450. The molecular formula is C26H33N5O3S. The van der Waals surface area contributed by atoms with Crippen LogP contribution in [0.1, 0.15) is 35.4 Å². The maximum Gasteiger partial charge on any atom is 0.241 e. The van der Waals surface area contributed by atoms with Crippen molar-refractivity contribution in [3.05, 3.63) is 58.9 Å². The van der Waals surface area contributed by atoms with Gasteiger partial charge < -0.3 is 15.0 Å². The molecular weight excluding hydrogens is 462 g/mol. The van der Waals surface area contributed by atoms with Crippen LogP contribution in [0, 0.1) is 20.8 Å². The lowest BCUT2D eigenvalue weighted by Gasteiger charge is -2.14. The van der Waals surface area contributed by atoms with Crippen molar-refractivity contribution in [1.29, 1.82) is 0 Å². The number of nitrogens with one attached hydrogen (secondary N) is 1. The summed E-state index contributed by atoms with van der Waals surface area (Å²) in [6, 6.07) is 11.7. The molecule has 9 heteroatoms. The summed E-state index contributed by atoms with van der Waals surface area (Å²) in [6.07, 6.45) is 2.11. The second kappa shape index (κ2) is 10.3. The first-order chi connectivity index (χ1) is 16.7. The van der Waals surface area contributed by atoms with Crippen molar-refractivity contribution in [3.63, 3.8) is 0 Å². The van der Waals surface area contributed by atoms with Gasteiger partial charge in [0.1, 0.15) is 11.3 Å². The Morgan fingerprint density at radius 2 is 1.77 bits per heavy atom. The predicted octanol–water partition coefficient (Wildman–Crippen LogP) is 4.04. The molecule has 186 valence electrons. The average molecular weight is 496 g/mol. The van der Waals surface area contributed by atoms with Gasteiger partial charge in [-0.3, -0.25) is 0 Å². The van der Waals surface area contributed by atoms with Gasteiger partial charge in [0.15, 0.2) is 5.82 Å². The highest BCUT2D eigenvalue weighted by atomic mass is 32.2. The van der Waals surface area contributed by atoms with Gasteiger partial charge in [0.05, 0.1) is 22.5 Å². The SMILES string of the molecule is COCCc1nc2c(N)nc3ccccc3c2n1CCCCNS(=O)(=O)c1c(C)cc(C)cc1C. The van der Waals surface area contributed by atoms with Gasteiger partial charge in [-0.25, -0.2) is 23.1 Å². The first kappa shape index (κ1) is 25.1. The molecule has 0 aliphatic heterocycles. The largest absolute Gasteiger partial charge is 0.384 e. The molecule has 2 aromatic heterocycles. The van der Waals surface area contributed by atoms with Gasteiger partial charge in [0, 0.05) is 32.0 Å². The first-order valence-corrected chi connectivity index (χ1v) is 13.3. The fraction of sp³-hybridized carbons (Fsp3) is 0.385. The Balaban J connectivity index is 1.52. The number of hydrogen-bond donors (Lipinski definition) is 2. The molecule has 0 bridgehead atoms. The quantitative estimate of drug-likeness (QED) is 0.321. The Hall–Kier alpha value is -3.01. The summed E-state index contributed by atoms with van der Waals surface area (Å²) in [5.41, 5.74) is 11.3. The Kier molecular flexibility index (Phi) is 7.39. The number of para-hydroxylation sites is 1. The van der Waals surface area contributed by atoms with E-state index in [2.05, 4.69) is 14.3 Å². The number of nitrogens with zero attached hydrogens (tertiary/aromatic N) is 3. The lowest BCUT2D eigenvalue weighted by Crippen LogP contribution is -2.26. The van der Waals surface area contributed by atoms with E-state index in [9.17, 15) is 8.42 Å². The molecule has 0 atom stereocenters. The molecule has 2 heterocycles. The highest BCUT2D eigenvalue weighted by Gasteiger charge is 2.20. The van der Waals surface area contributed by atoms with E-state index in [4.69, 9.17) is 15.5 Å². The summed E-state index contributed by atoms with van der Waals surface area (Å²) in [6.45, 7) is 7.24. The van der Waals surface area contributed by atoms with Gasteiger partial charge in [0.25, 0.3) is 0 Å². The smallest absolute Gasteiger partial charge is 0.241 e. The fourth-order valence-electron chi connectivity index (χ4n) is 4.79. The average Bonchev–Trinajstić information content (AvgIpc) is 3.16. The molecule has 3 N–H and O–H groups in total. The zero-order chi connectivity index (χ0) is 25.2. The lowest BCUT2D eigenvalue weighted by molar-refractivity contribution is 0.199. The maximum absolute atomic E-state index is 12.9. The van der Waals surface area contributed by atoms with Gasteiger partial charge >= 0.3 is 0 Å². The minimum atomic E-state index is -3.57. The van der Waals surface area contributed by atoms with Crippen LogP contribution in [0.2, 0.25) is 0 Å². The second-order valence-electron chi connectivity index (χ2n) is 8.97. The summed E-state index contributed by atoms with van der Waals surface area (Å²) < 4.78 is 36.1. The number of sulfonamides is 1. The number of aromatic nitrogens is 3. The van der Waals surface area contributed by atoms with Gasteiger partial charge in [-0.15, -0.1) is 0 Å². The molecule has 0 radical (unpaired) electrons. The predicted molar refractivity (Wildman–Crippen MR) is 140 cm³/mol. The van der Waals surface area contributed by atoms with Gasteiger partial charge in [-0.1, -0.05) is 35.9 Å². The second-order valence-corrected chi connectivity index (χ2v) is 10.7. The van der Waals surface area contributed by atoms with E-state index >= 15 is 0 Å². The van der Waals surface area contributed by atoms with Crippen LogP contribution in [0.5, 0.6) is 0 Å². The molecule has 0 fully saturated rings. The molecule has 4 aromatic rings. The van der Waals surface area contributed by atoms with Crippen LogP contribution < -0.4 is 10.5 Å². The van der Waals surface area contributed by atoms with Gasteiger partial charge in [-0.2, -0.15) is 0 Å². The molecule has 0 amide bonds. The normalized spacial score (nSPS) is 12.1. The van der Waals surface area contributed by atoms with Crippen LogP contribution >= 0.6 is 0 Å².